The number of nitrogens with zero attached hydrogens (tertiary/aromatic N) is 1. The Morgan fingerprint density at radius 1 is 1.38 bits per heavy atom. The zero-order valence-corrected chi connectivity index (χ0v) is 16.8. The lowest BCUT2D eigenvalue weighted by molar-refractivity contribution is -0.100. The van der Waals surface area contributed by atoms with Crippen LogP contribution in [0, 0.1) is 5.92 Å². The molecule has 0 radical (unpaired) electrons. The molecule has 1 saturated carbocycles. The SMILES string of the molecule is CC(C)N(C)S(=O)(=O)c1ccc(Cl)c(C(=O)N[C@@H]2C[C@H]3OCCC[C@H]23)c1. The quantitative estimate of drug-likeness (QED) is 0.824. The van der Waals surface area contributed by atoms with E-state index in [0.717, 1.165) is 25.9 Å². The van der Waals surface area contributed by atoms with Crippen molar-refractivity contribution in [3.8, 4) is 0 Å². The summed E-state index contributed by atoms with van der Waals surface area (Å²) in [6, 6.07) is 4.12. The lowest BCUT2D eigenvalue weighted by Crippen LogP contribution is -2.57. The Bertz CT molecular complexity index is 796. The Kier molecular flexibility index (Phi) is 5.63. The molecule has 1 heterocycles. The molecule has 3 atom stereocenters. The molecule has 1 aromatic rings. The third-order valence-electron chi connectivity index (χ3n) is 5.40. The molecule has 1 N–H and O–H groups in total. The maximum absolute atomic E-state index is 12.7. The number of hydrogen-bond donors (Lipinski definition) is 1. The van der Waals surface area contributed by atoms with Gasteiger partial charge in [0.05, 0.1) is 21.6 Å². The van der Waals surface area contributed by atoms with Gasteiger partial charge in [-0.15, -0.1) is 0 Å². The van der Waals surface area contributed by atoms with E-state index >= 15 is 0 Å². The van der Waals surface area contributed by atoms with Gasteiger partial charge in [-0.05, 0) is 51.3 Å². The predicted octanol–water partition coefficient (Wildman–Crippen LogP) is 2.67. The van der Waals surface area contributed by atoms with Gasteiger partial charge in [0.25, 0.3) is 5.91 Å². The number of hydrogen-bond acceptors (Lipinski definition) is 4. The van der Waals surface area contributed by atoms with E-state index in [1.165, 1.54) is 29.6 Å². The van der Waals surface area contributed by atoms with E-state index in [0.29, 0.717) is 5.92 Å². The summed E-state index contributed by atoms with van der Waals surface area (Å²) in [7, 11) is -2.16. The molecular weight excluding hydrogens is 376 g/mol. The van der Waals surface area contributed by atoms with E-state index < -0.39 is 10.0 Å². The normalized spacial score (nSPS) is 25.7. The maximum atomic E-state index is 12.7. The number of nitrogens with one attached hydrogen (secondary N) is 1. The second-order valence-corrected chi connectivity index (χ2v) is 9.69. The molecule has 6 nitrogen and oxygen atoms in total. The molecule has 0 unspecified atom stereocenters. The van der Waals surface area contributed by atoms with Crippen LogP contribution in [0.4, 0.5) is 0 Å². The molecule has 1 aromatic carbocycles. The summed E-state index contributed by atoms with van der Waals surface area (Å²) in [5.41, 5.74) is 0.185. The van der Waals surface area contributed by atoms with E-state index in [1.807, 2.05) is 0 Å². The minimum Gasteiger partial charge on any atom is -0.378 e. The van der Waals surface area contributed by atoms with Crippen molar-refractivity contribution in [1.29, 1.82) is 0 Å². The topological polar surface area (TPSA) is 75.7 Å². The summed E-state index contributed by atoms with van der Waals surface area (Å²) in [5.74, 6) is -0.00117. The highest BCUT2D eigenvalue weighted by molar-refractivity contribution is 7.89. The smallest absolute Gasteiger partial charge is 0.253 e. The third kappa shape index (κ3) is 3.63. The van der Waals surface area contributed by atoms with E-state index in [2.05, 4.69) is 5.32 Å². The van der Waals surface area contributed by atoms with Crippen molar-refractivity contribution < 1.29 is 17.9 Å². The average Bonchev–Trinajstić information content (AvgIpc) is 2.58. The molecule has 26 heavy (non-hydrogen) atoms. The molecule has 1 saturated heterocycles. The van der Waals surface area contributed by atoms with E-state index in [9.17, 15) is 13.2 Å². The van der Waals surface area contributed by atoms with Gasteiger partial charge in [-0.2, -0.15) is 4.31 Å². The van der Waals surface area contributed by atoms with Crippen LogP contribution in [0.5, 0.6) is 0 Å². The fourth-order valence-electron chi connectivity index (χ4n) is 3.49. The van der Waals surface area contributed by atoms with Crippen molar-refractivity contribution >= 4 is 27.5 Å². The van der Waals surface area contributed by atoms with Gasteiger partial charge in [-0.1, -0.05) is 11.6 Å². The van der Waals surface area contributed by atoms with Crippen molar-refractivity contribution in [2.45, 2.75) is 56.2 Å². The van der Waals surface area contributed by atoms with Gasteiger partial charge >= 0.3 is 0 Å². The van der Waals surface area contributed by atoms with E-state index in [-0.39, 0.29) is 39.6 Å². The minimum absolute atomic E-state index is 0.0578. The van der Waals surface area contributed by atoms with Crippen molar-refractivity contribution in [3.63, 3.8) is 0 Å². The highest BCUT2D eigenvalue weighted by atomic mass is 35.5. The number of fused-ring (bicyclic) bond motifs is 1. The first-order chi connectivity index (χ1) is 12.2. The summed E-state index contributed by atoms with van der Waals surface area (Å²) in [6.45, 7) is 4.37. The Morgan fingerprint density at radius 3 is 2.77 bits per heavy atom. The lowest BCUT2D eigenvalue weighted by Gasteiger charge is -2.47. The first-order valence-electron chi connectivity index (χ1n) is 8.92. The first kappa shape index (κ1) is 19.6. The maximum Gasteiger partial charge on any atom is 0.253 e. The number of carbonyl (C=O) groups is 1. The summed E-state index contributed by atoms with van der Waals surface area (Å²) in [5, 5.41) is 3.23. The zero-order chi connectivity index (χ0) is 19.1. The summed E-state index contributed by atoms with van der Waals surface area (Å²) in [4.78, 5) is 12.7. The Labute approximate surface area is 159 Å². The van der Waals surface area contributed by atoms with Crippen molar-refractivity contribution in [3.05, 3.63) is 28.8 Å². The van der Waals surface area contributed by atoms with Crippen LogP contribution in [0.1, 0.15) is 43.5 Å². The Hall–Kier alpha value is -1.15. The molecule has 144 valence electrons. The van der Waals surface area contributed by atoms with Crippen LogP contribution in [-0.2, 0) is 14.8 Å². The highest BCUT2D eigenvalue weighted by Crippen LogP contribution is 2.38. The summed E-state index contributed by atoms with van der Waals surface area (Å²) in [6.07, 6.45) is 3.07. The van der Waals surface area contributed by atoms with Crippen molar-refractivity contribution in [2.75, 3.05) is 13.7 Å². The van der Waals surface area contributed by atoms with E-state index in [1.54, 1.807) is 13.8 Å². The molecule has 2 fully saturated rings. The summed E-state index contributed by atoms with van der Waals surface area (Å²) >= 11 is 6.17. The van der Waals surface area contributed by atoms with Gasteiger partial charge in [0.15, 0.2) is 0 Å². The molecule has 1 amide bonds. The van der Waals surface area contributed by atoms with Crippen LogP contribution < -0.4 is 5.32 Å². The fraction of sp³-hybridized carbons (Fsp3) is 0.611. The number of ether oxygens (including phenoxy) is 1. The molecule has 8 heteroatoms. The fourth-order valence-corrected chi connectivity index (χ4v) is 5.09. The number of benzene rings is 1. The standard InChI is InChI=1S/C18H25ClN2O4S/c1-11(2)21(3)26(23,24)12-6-7-15(19)14(9-12)18(22)20-16-10-17-13(16)5-4-8-25-17/h6-7,9,11,13,16-17H,4-5,8,10H2,1-3H3,(H,20,22)/t13-,16-,17-/m1/s1. The molecule has 0 aromatic heterocycles. The number of rotatable bonds is 5. The third-order valence-corrected chi connectivity index (χ3v) is 7.76. The molecular formula is C18H25ClN2O4S. The Morgan fingerprint density at radius 2 is 2.12 bits per heavy atom. The summed E-state index contributed by atoms with van der Waals surface area (Å²) < 4.78 is 32.3. The molecule has 3 rings (SSSR count). The van der Waals surface area contributed by atoms with Gasteiger partial charge in [-0.3, -0.25) is 4.79 Å². The second kappa shape index (κ2) is 7.46. The molecule has 0 bridgehead atoms. The van der Waals surface area contributed by atoms with Gasteiger partial charge in [-0.25, -0.2) is 8.42 Å². The number of halogens is 1. The van der Waals surface area contributed by atoms with Crippen molar-refractivity contribution in [2.24, 2.45) is 5.92 Å². The highest BCUT2D eigenvalue weighted by Gasteiger charge is 2.44. The van der Waals surface area contributed by atoms with Gasteiger partial charge in [0, 0.05) is 31.7 Å². The average molecular weight is 401 g/mol. The number of amides is 1. The first-order valence-corrected chi connectivity index (χ1v) is 10.7. The van der Waals surface area contributed by atoms with Gasteiger partial charge in [0.2, 0.25) is 10.0 Å². The van der Waals surface area contributed by atoms with Crippen molar-refractivity contribution in [1.82, 2.24) is 9.62 Å². The molecule has 1 aliphatic heterocycles. The monoisotopic (exact) mass is 400 g/mol. The largest absolute Gasteiger partial charge is 0.378 e. The Balaban J connectivity index is 1.78. The van der Waals surface area contributed by atoms with Gasteiger partial charge < -0.3 is 10.1 Å². The lowest BCUT2D eigenvalue weighted by atomic mass is 9.72. The molecule has 1 aliphatic carbocycles. The predicted molar refractivity (Wildman–Crippen MR) is 99.9 cm³/mol. The molecule has 0 spiro atoms. The van der Waals surface area contributed by atoms with Crippen LogP contribution in [0.2, 0.25) is 5.02 Å². The van der Waals surface area contributed by atoms with Gasteiger partial charge in [0.1, 0.15) is 0 Å². The number of carbonyl (C=O) groups excluding carboxylic acids is 1. The van der Waals surface area contributed by atoms with E-state index in [4.69, 9.17) is 16.3 Å². The number of sulfonamides is 1. The van der Waals surface area contributed by atoms with Crippen LogP contribution >= 0.6 is 11.6 Å². The van der Waals surface area contributed by atoms with Crippen LogP contribution in [0.3, 0.4) is 0 Å². The minimum atomic E-state index is -3.68. The van der Waals surface area contributed by atoms with Crippen LogP contribution in [0.15, 0.2) is 23.1 Å². The van der Waals surface area contributed by atoms with Crippen LogP contribution in [0.25, 0.3) is 0 Å². The zero-order valence-electron chi connectivity index (χ0n) is 15.2. The van der Waals surface area contributed by atoms with Crippen LogP contribution in [-0.4, -0.2) is 50.5 Å². The molecule has 2 aliphatic rings. The second-order valence-electron chi connectivity index (χ2n) is 7.29.